The van der Waals surface area contributed by atoms with Gasteiger partial charge in [-0.2, -0.15) is 0 Å². The third-order valence-corrected chi connectivity index (χ3v) is 4.63. The van der Waals surface area contributed by atoms with E-state index in [4.69, 9.17) is 0 Å². The number of aromatic nitrogens is 12. The van der Waals surface area contributed by atoms with Crippen LogP contribution in [0.1, 0.15) is 0 Å². The Morgan fingerprint density at radius 2 is 0.433 bits per heavy atom. The molecule has 0 bridgehead atoms. The second-order valence-electron chi connectivity index (χ2n) is 6.37. The summed E-state index contributed by atoms with van der Waals surface area (Å²) in [4.78, 5) is 53.5. The number of hydrogen-bond donors (Lipinski definition) is 0. The number of benzene rings is 1. The lowest BCUT2D eigenvalue weighted by Gasteiger charge is -2.08. The van der Waals surface area contributed by atoms with Crippen LogP contribution in [-0.2, 0) is 0 Å². The number of nitrogens with zero attached hydrogens (tertiary/aromatic N) is 12. The van der Waals surface area contributed by atoms with E-state index >= 15 is 0 Å². The molecule has 1 aromatic carbocycles. The third kappa shape index (κ3) is 1.98. The number of fused-ring (bicyclic) bond motifs is 9. The van der Waals surface area contributed by atoms with Gasteiger partial charge in [0.2, 0.25) is 0 Å². The van der Waals surface area contributed by atoms with Gasteiger partial charge in [-0.3, -0.25) is 0 Å². The summed E-state index contributed by atoms with van der Waals surface area (Å²) in [5.41, 5.74) is 5.19. The Morgan fingerprint density at radius 3 is 0.600 bits per heavy atom. The van der Waals surface area contributed by atoms with Crippen LogP contribution < -0.4 is 0 Å². The van der Waals surface area contributed by atoms with E-state index in [2.05, 4.69) is 59.8 Å². The van der Waals surface area contributed by atoms with Crippen LogP contribution in [0, 0.1) is 0 Å². The number of rotatable bonds is 0. The minimum Gasteiger partial charge on any atom is -0.232 e. The molecule has 138 valence electrons. The average molecular weight is 390 g/mol. The van der Waals surface area contributed by atoms with Gasteiger partial charge in [0.15, 0.2) is 33.9 Å². The minimum absolute atomic E-state index is 0.389. The molecule has 0 amide bonds. The van der Waals surface area contributed by atoms with E-state index in [1.54, 1.807) is 37.2 Å². The molecule has 7 rings (SSSR count). The maximum Gasteiger partial charge on any atom is 0.198 e. The second kappa shape index (κ2) is 5.41. The first kappa shape index (κ1) is 15.2. The summed E-state index contributed by atoms with van der Waals surface area (Å²) in [6, 6.07) is 0. The van der Waals surface area contributed by atoms with Gasteiger partial charge < -0.3 is 0 Å². The first-order chi connectivity index (χ1) is 14.8. The zero-order chi connectivity index (χ0) is 19.7. The Morgan fingerprint density at radius 1 is 0.267 bits per heavy atom. The van der Waals surface area contributed by atoms with Gasteiger partial charge in [-0.15, -0.1) is 0 Å². The molecule has 0 atom stereocenters. The maximum absolute atomic E-state index is 4.65. The zero-order valence-electron chi connectivity index (χ0n) is 14.8. The summed E-state index contributed by atoms with van der Waals surface area (Å²) in [6.45, 7) is 0. The van der Waals surface area contributed by atoms with Crippen LogP contribution in [0.5, 0.6) is 0 Å². The van der Waals surface area contributed by atoms with Gasteiger partial charge in [-0.25, -0.2) is 59.8 Å². The normalized spacial score (nSPS) is 12.0. The summed E-state index contributed by atoms with van der Waals surface area (Å²) in [5, 5.41) is 0. The van der Waals surface area contributed by atoms with Gasteiger partial charge in [0.05, 0.1) is 0 Å². The Labute approximate surface area is 164 Å². The summed E-state index contributed by atoms with van der Waals surface area (Å²) in [6.07, 6.45) is 9.34. The highest BCUT2D eigenvalue weighted by molar-refractivity contribution is 6.20. The molecule has 0 aliphatic rings. The van der Waals surface area contributed by atoms with Crippen molar-refractivity contribution in [3.05, 3.63) is 37.2 Å². The molecule has 7 aromatic rings. The van der Waals surface area contributed by atoms with E-state index < -0.39 is 0 Å². The lowest BCUT2D eigenvalue weighted by Crippen LogP contribution is -2.01. The predicted octanol–water partition coefficient (Wildman–Crippen LogP) is 1.35. The molecule has 0 fully saturated rings. The summed E-state index contributed by atoms with van der Waals surface area (Å²) in [5.74, 6) is 0. The Bertz CT molecular complexity index is 1440. The molecular weight excluding hydrogens is 384 g/mol. The topological polar surface area (TPSA) is 155 Å². The highest BCUT2D eigenvalue weighted by Crippen LogP contribution is 2.31. The lowest BCUT2D eigenvalue weighted by atomic mass is 10.2. The van der Waals surface area contributed by atoms with Gasteiger partial charge in [-0.05, 0) is 0 Å². The molecule has 0 saturated heterocycles. The molecule has 0 aliphatic heterocycles. The molecule has 6 heterocycles. The predicted molar refractivity (Wildman–Crippen MR) is 105 cm³/mol. The first-order valence-corrected chi connectivity index (χ1v) is 8.82. The van der Waals surface area contributed by atoms with Gasteiger partial charge >= 0.3 is 0 Å². The van der Waals surface area contributed by atoms with E-state index in [1.807, 2.05) is 0 Å². The molecule has 0 radical (unpaired) electrons. The third-order valence-electron chi connectivity index (χ3n) is 4.63. The molecule has 0 N–H and O–H groups in total. The molecule has 12 nitrogen and oxygen atoms in total. The van der Waals surface area contributed by atoms with E-state index in [-0.39, 0.29) is 0 Å². The molecule has 0 spiro atoms. The molecule has 0 unspecified atom stereocenters. The fourth-order valence-corrected chi connectivity index (χ4v) is 3.39. The van der Waals surface area contributed by atoms with E-state index in [0.717, 1.165) is 0 Å². The van der Waals surface area contributed by atoms with E-state index in [1.165, 1.54) is 0 Å². The van der Waals surface area contributed by atoms with Crippen molar-refractivity contribution in [1.29, 1.82) is 0 Å². The number of hydrogen-bond acceptors (Lipinski definition) is 12. The van der Waals surface area contributed by atoms with Crippen LogP contribution in [0.2, 0.25) is 0 Å². The fraction of sp³-hybridized carbons (Fsp3) is 0. The molecule has 12 heteroatoms. The molecular formula is C18H6N12. The van der Waals surface area contributed by atoms with Crippen molar-refractivity contribution in [2.45, 2.75) is 0 Å². The summed E-state index contributed by atoms with van der Waals surface area (Å²) < 4.78 is 0. The Hall–Kier alpha value is -4.74. The molecule has 0 saturated carbocycles. The second-order valence-corrected chi connectivity index (χ2v) is 6.37. The average Bonchev–Trinajstić information content (AvgIpc) is 2.81. The van der Waals surface area contributed by atoms with Crippen LogP contribution in [0.4, 0.5) is 0 Å². The van der Waals surface area contributed by atoms with Crippen molar-refractivity contribution < 1.29 is 0 Å². The maximum atomic E-state index is 4.65. The van der Waals surface area contributed by atoms with Crippen molar-refractivity contribution in [3.63, 3.8) is 0 Å². The van der Waals surface area contributed by atoms with Gasteiger partial charge in [0.1, 0.15) is 33.1 Å². The fourth-order valence-electron chi connectivity index (χ4n) is 3.39. The van der Waals surface area contributed by atoms with Crippen molar-refractivity contribution in [3.8, 4) is 0 Å². The monoisotopic (exact) mass is 390 g/mol. The molecule has 0 aliphatic carbocycles. The largest absolute Gasteiger partial charge is 0.232 e. The van der Waals surface area contributed by atoms with Gasteiger partial charge in [-0.1, -0.05) is 0 Å². The highest BCUT2D eigenvalue weighted by atomic mass is 15.0. The van der Waals surface area contributed by atoms with Crippen LogP contribution in [0.25, 0.3) is 67.0 Å². The lowest BCUT2D eigenvalue weighted by molar-refractivity contribution is 1.17. The molecule has 6 aromatic heterocycles. The van der Waals surface area contributed by atoms with Crippen LogP contribution >= 0.6 is 0 Å². The highest BCUT2D eigenvalue weighted by Gasteiger charge is 2.20. The van der Waals surface area contributed by atoms with Crippen molar-refractivity contribution in [2.75, 3.05) is 0 Å². The molecule has 30 heavy (non-hydrogen) atoms. The van der Waals surface area contributed by atoms with Gasteiger partial charge in [0, 0.05) is 37.2 Å². The Balaban J connectivity index is 1.82. The SMILES string of the molecule is c1cnc2nc3c(nc2n1)c1nc2nccnc2nc1c1nc2nccnc2nc31. The van der Waals surface area contributed by atoms with E-state index in [0.29, 0.717) is 67.0 Å². The standard InChI is InChI=1S/C18H6N12/c1-2-20-14-13(19-1)25-7-8(26-14)10-12(30-18-17(28-10)23-5-6-24-18)11-9(7)27-15-16(29-11)22-4-3-21-15/h1-6H. The quantitative estimate of drug-likeness (QED) is 0.271. The van der Waals surface area contributed by atoms with Crippen molar-refractivity contribution >= 4 is 67.0 Å². The Kier molecular flexibility index (Phi) is 2.74. The van der Waals surface area contributed by atoms with Crippen LogP contribution in [-0.4, -0.2) is 59.8 Å². The smallest absolute Gasteiger partial charge is 0.198 e. The summed E-state index contributed by atoms with van der Waals surface area (Å²) >= 11 is 0. The minimum atomic E-state index is 0.389. The first-order valence-electron chi connectivity index (χ1n) is 8.82. The summed E-state index contributed by atoms with van der Waals surface area (Å²) in [7, 11) is 0. The van der Waals surface area contributed by atoms with Crippen molar-refractivity contribution in [1.82, 2.24) is 59.8 Å². The van der Waals surface area contributed by atoms with Crippen molar-refractivity contribution in [2.24, 2.45) is 0 Å². The van der Waals surface area contributed by atoms with Gasteiger partial charge in [0.25, 0.3) is 0 Å². The van der Waals surface area contributed by atoms with Crippen LogP contribution in [0.15, 0.2) is 37.2 Å². The zero-order valence-corrected chi connectivity index (χ0v) is 14.8. The van der Waals surface area contributed by atoms with E-state index in [9.17, 15) is 0 Å². The van der Waals surface area contributed by atoms with Crippen LogP contribution in [0.3, 0.4) is 0 Å².